The van der Waals surface area contributed by atoms with Gasteiger partial charge in [0.15, 0.2) is 0 Å². The summed E-state index contributed by atoms with van der Waals surface area (Å²) in [6.45, 7) is 9.27. The van der Waals surface area contributed by atoms with E-state index in [1.54, 1.807) is 6.07 Å². The van der Waals surface area contributed by atoms with Gasteiger partial charge in [0.2, 0.25) is 5.91 Å². The summed E-state index contributed by atoms with van der Waals surface area (Å²) in [6.07, 6.45) is 0. The van der Waals surface area contributed by atoms with Gasteiger partial charge in [-0.3, -0.25) is 4.79 Å². The molecule has 0 fully saturated rings. The largest absolute Gasteiger partial charge is 0.325 e. The van der Waals surface area contributed by atoms with Crippen molar-refractivity contribution in [2.75, 3.05) is 5.32 Å². The van der Waals surface area contributed by atoms with Gasteiger partial charge in [0.05, 0.1) is 16.1 Å². The van der Waals surface area contributed by atoms with Crippen LogP contribution >= 0.6 is 11.6 Å². The summed E-state index contributed by atoms with van der Waals surface area (Å²) in [5, 5.41) is 3.37. The maximum atomic E-state index is 12.3. The van der Waals surface area contributed by atoms with Gasteiger partial charge in [-0.2, -0.15) is 0 Å². The summed E-state index contributed by atoms with van der Waals surface area (Å²) in [5.41, 5.74) is 6.39. The Balaban J connectivity index is 2.95. The van der Waals surface area contributed by atoms with Gasteiger partial charge >= 0.3 is 0 Å². The number of carbonyl (C=O) groups is 1. The second kappa shape index (κ2) is 4.90. The molecule has 4 heteroatoms. The van der Waals surface area contributed by atoms with Crippen molar-refractivity contribution in [3.63, 3.8) is 0 Å². The van der Waals surface area contributed by atoms with Crippen LogP contribution in [0.2, 0.25) is 5.02 Å². The van der Waals surface area contributed by atoms with Crippen molar-refractivity contribution in [2.45, 2.75) is 40.2 Å². The van der Waals surface area contributed by atoms with Gasteiger partial charge < -0.3 is 11.1 Å². The lowest BCUT2D eigenvalue weighted by Crippen LogP contribution is -2.53. The summed E-state index contributed by atoms with van der Waals surface area (Å²) in [5.74, 6) is -0.138. The van der Waals surface area contributed by atoms with E-state index in [-0.39, 0.29) is 5.91 Å². The summed E-state index contributed by atoms with van der Waals surface area (Å²) < 4.78 is 0. The fourth-order valence-corrected chi connectivity index (χ4v) is 1.58. The predicted molar refractivity (Wildman–Crippen MR) is 76.9 cm³/mol. The zero-order valence-corrected chi connectivity index (χ0v) is 12.4. The third kappa shape index (κ3) is 3.03. The Morgan fingerprint density at radius 1 is 1.28 bits per heavy atom. The van der Waals surface area contributed by atoms with E-state index in [0.29, 0.717) is 10.7 Å². The third-order valence-electron chi connectivity index (χ3n) is 3.55. The molecule has 0 heterocycles. The smallest absolute Gasteiger partial charge is 0.231 e. The van der Waals surface area contributed by atoms with Crippen LogP contribution < -0.4 is 11.1 Å². The maximum absolute atomic E-state index is 12.3. The zero-order chi connectivity index (χ0) is 14.1. The van der Waals surface area contributed by atoms with E-state index >= 15 is 0 Å². The number of rotatable bonds is 3. The highest BCUT2D eigenvalue weighted by molar-refractivity contribution is 6.33. The number of hydrogen-bond donors (Lipinski definition) is 2. The fraction of sp³-hybridized carbons (Fsp3) is 0.500. The average Bonchev–Trinajstić information content (AvgIpc) is 2.20. The van der Waals surface area contributed by atoms with E-state index in [9.17, 15) is 4.79 Å². The molecule has 0 radical (unpaired) electrons. The van der Waals surface area contributed by atoms with Crippen molar-refractivity contribution in [1.29, 1.82) is 0 Å². The van der Waals surface area contributed by atoms with Crippen molar-refractivity contribution in [2.24, 2.45) is 11.1 Å². The van der Waals surface area contributed by atoms with Crippen LogP contribution in [0.5, 0.6) is 0 Å². The fourth-order valence-electron chi connectivity index (χ4n) is 1.29. The molecule has 0 aliphatic carbocycles. The molecule has 100 valence electrons. The van der Waals surface area contributed by atoms with Gasteiger partial charge in [0.25, 0.3) is 0 Å². The Kier molecular flexibility index (Phi) is 4.08. The molecule has 0 aliphatic rings. The first kappa shape index (κ1) is 15.0. The third-order valence-corrected chi connectivity index (χ3v) is 3.86. The summed E-state index contributed by atoms with van der Waals surface area (Å²) in [7, 11) is 0. The van der Waals surface area contributed by atoms with E-state index in [4.69, 9.17) is 17.3 Å². The van der Waals surface area contributed by atoms with Crippen LogP contribution in [0.1, 0.15) is 33.3 Å². The number of hydrogen-bond acceptors (Lipinski definition) is 2. The molecule has 0 bridgehead atoms. The first-order chi connectivity index (χ1) is 8.05. The minimum absolute atomic E-state index is 0.138. The maximum Gasteiger partial charge on any atom is 0.231 e. The Labute approximate surface area is 114 Å². The van der Waals surface area contributed by atoms with E-state index in [1.807, 2.05) is 46.8 Å². The number of nitrogens with two attached hydrogens (primary N) is 1. The molecule has 0 atom stereocenters. The van der Waals surface area contributed by atoms with E-state index < -0.39 is 11.0 Å². The predicted octanol–water partition coefficient (Wildman–Crippen LogP) is 3.35. The lowest BCUT2D eigenvalue weighted by atomic mass is 9.74. The number of halogens is 1. The molecule has 1 rings (SSSR count). The van der Waals surface area contributed by atoms with Crippen molar-refractivity contribution < 1.29 is 4.79 Å². The van der Waals surface area contributed by atoms with E-state index in [0.717, 1.165) is 5.56 Å². The highest BCUT2D eigenvalue weighted by Crippen LogP contribution is 2.31. The van der Waals surface area contributed by atoms with Gasteiger partial charge in [-0.1, -0.05) is 17.7 Å². The molecule has 0 saturated carbocycles. The second-order valence-electron chi connectivity index (χ2n) is 5.78. The van der Waals surface area contributed by atoms with Crippen LogP contribution in [0.25, 0.3) is 0 Å². The lowest BCUT2D eigenvalue weighted by Gasteiger charge is -2.36. The summed E-state index contributed by atoms with van der Waals surface area (Å²) in [6, 6.07) is 5.52. The zero-order valence-electron chi connectivity index (χ0n) is 11.6. The number of aryl methyl sites for hydroxylation is 1. The van der Waals surface area contributed by atoms with Crippen LogP contribution in [0.15, 0.2) is 18.2 Å². The number of nitrogens with one attached hydrogen (secondary N) is 1. The van der Waals surface area contributed by atoms with E-state index in [1.165, 1.54) is 0 Å². The molecule has 0 aromatic heterocycles. The molecule has 0 unspecified atom stereocenters. The molecular formula is C14H21ClN2O. The molecule has 1 aromatic rings. The van der Waals surface area contributed by atoms with Crippen molar-refractivity contribution >= 4 is 23.2 Å². The SMILES string of the molecule is Cc1ccc(NC(=O)C(C)(C)C(C)(C)N)c(Cl)c1. The first-order valence-electron chi connectivity index (χ1n) is 5.92. The highest BCUT2D eigenvalue weighted by atomic mass is 35.5. The van der Waals surface area contributed by atoms with Crippen molar-refractivity contribution in [3.8, 4) is 0 Å². The first-order valence-corrected chi connectivity index (χ1v) is 6.30. The topological polar surface area (TPSA) is 55.1 Å². The van der Waals surface area contributed by atoms with Crippen LogP contribution in [0.3, 0.4) is 0 Å². The minimum atomic E-state index is -0.693. The molecule has 0 saturated heterocycles. The molecule has 1 amide bonds. The molecule has 0 spiro atoms. The standard InChI is InChI=1S/C14H21ClN2O/c1-9-6-7-11(10(15)8-9)17-12(18)13(2,3)14(4,5)16/h6-8H,16H2,1-5H3,(H,17,18). The van der Waals surface area contributed by atoms with Gasteiger partial charge in [-0.15, -0.1) is 0 Å². The Morgan fingerprint density at radius 2 is 1.83 bits per heavy atom. The minimum Gasteiger partial charge on any atom is -0.325 e. The lowest BCUT2D eigenvalue weighted by molar-refractivity contribution is -0.126. The molecule has 18 heavy (non-hydrogen) atoms. The normalized spacial score (nSPS) is 12.4. The molecule has 3 nitrogen and oxygen atoms in total. The highest BCUT2D eigenvalue weighted by Gasteiger charge is 2.40. The van der Waals surface area contributed by atoms with Gasteiger partial charge in [0, 0.05) is 5.54 Å². The Bertz CT molecular complexity index is 461. The Hall–Kier alpha value is -1.06. The van der Waals surface area contributed by atoms with Crippen molar-refractivity contribution in [3.05, 3.63) is 28.8 Å². The summed E-state index contributed by atoms with van der Waals surface area (Å²) in [4.78, 5) is 12.3. The van der Waals surface area contributed by atoms with Gasteiger partial charge in [-0.05, 0) is 52.3 Å². The van der Waals surface area contributed by atoms with Gasteiger partial charge in [0.1, 0.15) is 0 Å². The van der Waals surface area contributed by atoms with Gasteiger partial charge in [-0.25, -0.2) is 0 Å². The van der Waals surface area contributed by atoms with Crippen LogP contribution in [-0.2, 0) is 4.79 Å². The van der Waals surface area contributed by atoms with Crippen molar-refractivity contribution in [1.82, 2.24) is 0 Å². The number of carbonyl (C=O) groups excluding carboxylic acids is 1. The molecule has 1 aromatic carbocycles. The average molecular weight is 269 g/mol. The number of benzene rings is 1. The van der Waals surface area contributed by atoms with Crippen LogP contribution in [0, 0.1) is 12.3 Å². The molecular weight excluding hydrogens is 248 g/mol. The molecule has 3 N–H and O–H groups in total. The summed E-state index contributed by atoms with van der Waals surface area (Å²) >= 11 is 6.09. The molecule has 0 aliphatic heterocycles. The number of amides is 1. The van der Waals surface area contributed by atoms with Crippen LogP contribution in [0.4, 0.5) is 5.69 Å². The monoisotopic (exact) mass is 268 g/mol. The Morgan fingerprint density at radius 3 is 2.28 bits per heavy atom. The van der Waals surface area contributed by atoms with E-state index in [2.05, 4.69) is 5.32 Å². The quantitative estimate of drug-likeness (QED) is 0.883. The number of anilines is 1. The second-order valence-corrected chi connectivity index (χ2v) is 6.19. The van der Waals surface area contributed by atoms with Crippen LogP contribution in [-0.4, -0.2) is 11.4 Å².